The van der Waals surface area contributed by atoms with Crippen LogP contribution in [0, 0.1) is 13.1 Å². The molecule has 0 unspecified atom stereocenters. The van der Waals surface area contributed by atoms with Crippen LogP contribution in [-0.2, 0) is 5.60 Å². The minimum atomic E-state index is -0.835. The highest BCUT2D eigenvalue weighted by atomic mass is 16.3. The fourth-order valence-electron chi connectivity index (χ4n) is 1.04. The molecule has 11 heavy (non-hydrogen) atoms. The smallest absolute Gasteiger partial charge is 0.0953 e. The Morgan fingerprint density at radius 1 is 1.55 bits per heavy atom. The molecule has 0 spiro atoms. The maximum Gasteiger partial charge on any atom is 0.0953 e. The second-order valence-corrected chi connectivity index (χ2v) is 3.17. The number of aliphatic hydroxyl groups is 1. The van der Waals surface area contributed by atoms with Gasteiger partial charge < -0.3 is 5.11 Å². The summed E-state index contributed by atoms with van der Waals surface area (Å²) in [6.07, 6.45) is 4.45. The summed E-state index contributed by atoms with van der Waals surface area (Å²) in [6, 6.07) is 1.86. The van der Waals surface area contributed by atoms with E-state index < -0.39 is 5.60 Å². The Balaban J connectivity index is 3.14. The number of hydrogen-bond acceptors (Lipinski definition) is 2. The second kappa shape index (κ2) is 2.62. The maximum atomic E-state index is 9.60. The zero-order chi connectivity index (χ0) is 8.48. The van der Waals surface area contributed by atoms with Crippen LogP contribution in [0.5, 0.6) is 0 Å². The third-order valence-corrected chi connectivity index (χ3v) is 1.58. The zero-order valence-corrected chi connectivity index (χ0v) is 7.05. The number of nitrogens with zero attached hydrogens (tertiary/aromatic N) is 1. The Hall–Kier alpha value is -0.890. The summed E-state index contributed by atoms with van der Waals surface area (Å²) in [7, 11) is 0. The molecule has 2 nitrogen and oxygen atoms in total. The van der Waals surface area contributed by atoms with Crippen LogP contribution in [0.15, 0.2) is 12.3 Å². The number of pyridine rings is 1. The molecule has 1 N–H and O–H groups in total. The summed E-state index contributed by atoms with van der Waals surface area (Å²) >= 11 is 0. The Labute approximate surface area is 66.9 Å². The van der Waals surface area contributed by atoms with E-state index in [1.807, 2.05) is 13.0 Å². The quantitative estimate of drug-likeness (QED) is 0.656. The van der Waals surface area contributed by atoms with E-state index in [1.165, 1.54) is 0 Å². The van der Waals surface area contributed by atoms with E-state index in [9.17, 15) is 5.11 Å². The van der Waals surface area contributed by atoms with Gasteiger partial charge in [-0.05, 0) is 32.4 Å². The van der Waals surface area contributed by atoms with E-state index in [-0.39, 0.29) is 0 Å². The minimum Gasteiger partial charge on any atom is -0.386 e. The third kappa shape index (κ3) is 1.77. The molecule has 59 valence electrons. The van der Waals surface area contributed by atoms with Crippen LogP contribution in [-0.4, -0.2) is 10.1 Å². The lowest BCUT2D eigenvalue weighted by Gasteiger charge is -2.18. The molecule has 0 fully saturated rings. The minimum absolute atomic E-state index is 0.764. The van der Waals surface area contributed by atoms with Crippen molar-refractivity contribution in [1.29, 1.82) is 0 Å². The van der Waals surface area contributed by atoms with E-state index in [4.69, 9.17) is 0 Å². The molecule has 0 aliphatic carbocycles. The van der Waals surface area contributed by atoms with Gasteiger partial charge in [0, 0.05) is 11.8 Å². The van der Waals surface area contributed by atoms with Crippen molar-refractivity contribution >= 4 is 0 Å². The Bertz CT molecular complexity index is 250. The van der Waals surface area contributed by atoms with E-state index in [2.05, 4.69) is 11.2 Å². The molecule has 0 saturated carbocycles. The highest BCUT2D eigenvalue weighted by Crippen LogP contribution is 2.20. The lowest BCUT2D eigenvalue weighted by molar-refractivity contribution is 0.0772. The summed E-state index contributed by atoms with van der Waals surface area (Å²) < 4.78 is 0. The molecular formula is C9H12NO. The second-order valence-electron chi connectivity index (χ2n) is 3.17. The number of hydrogen-bond donors (Lipinski definition) is 1. The van der Waals surface area contributed by atoms with Gasteiger partial charge in [-0.1, -0.05) is 0 Å². The normalized spacial score (nSPS) is 11.6. The van der Waals surface area contributed by atoms with E-state index in [0.29, 0.717) is 0 Å². The molecular weight excluding hydrogens is 138 g/mol. The molecule has 0 aliphatic heterocycles. The van der Waals surface area contributed by atoms with E-state index in [1.54, 1.807) is 20.0 Å². The first kappa shape index (κ1) is 8.21. The molecule has 0 aliphatic rings. The average Bonchev–Trinajstić information content (AvgIpc) is 1.86. The highest BCUT2D eigenvalue weighted by Gasteiger charge is 2.18. The summed E-state index contributed by atoms with van der Waals surface area (Å²) in [5.74, 6) is 0. The van der Waals surface area contributed by atoms with Crippen LogP contribution in [0.4, 0.5) is 0 Å². The van der Waals surface area contributed by atoms with Crippen LogP contribution < -0.4 is 0 Å². The van der Waals surface area contributed by atoms with Gasteiger partial charge in [0.2, 0.25) is 0 Å². The van der Waals surface area contributed by atoms with Crippen molar-refractivity contribution in [2.45, 2.75) is 26.4 Å². The monoisotopic (exact) mass is 150 g/mol. The Morgan fingerprint density at radius 2 is 2.18 bits per heavy atom. The first-order valence-corrected chi connectivity index (χ1v) is 3.58. The maximum absolute atomic E-state index is 9.60. The molecule has 1 aromatic rings. The molecule has 0 atom stereocenters. The van der Waals surface area contributed by atoms with Gasteiger partial charge in [-0.15, -0.1) is 0 Å². The number of aryl methyl sites for hydroxylation is 1. The Kier molecular flexibility index (Phi) is 1.96. The first-order valence-electron chi connectivity index (χ1n) is 3.58. The highest BCUT2D eigenvalue weighted by molar-refractivity contribution is 5.25. The fraction of sp³-hybridized carbons (Fsp3) is 0.444. The predicted octanol–water partition coefficient (Wildman–Crippen LogP) is 1.42. The lowest BCUT2D eigenvalue weighted by Crippen LogP contribution is -2.17. The van der Waals surface area contributed by atoms with Gasteiger partial charge >= 0.3 is 0 Å². The number of aromatic nitrogens is 1. The molecule has 1 heterocycles. The average molecular weight is 150 g/mol. The van der Waals surface area contributed by atoms with Gasteiger partial charge in [0.1, 0.15) is 0 Å². The predicted molar refractivity (Wildman–Crippen MR) is 43.1 cm³/mol. The third-order valence-electron chi connectivity index (χ3n) is 1.58. The molecule has 1 rings (SSSR count). The molecule has 1 aromatic heterocycles. The molecule has 2 heteroatoms. The molecule has 1 radical (unpaired) electrons. The van der Waals surface area contributed by atoms with Gasteiger partial charge in [-0.2, -0.15) is 0 Å². The fourth-order valence-corrected chi connectivity index (χ4v) is 1.04. The number of rotatable bonds is 1. The molecule has 0 saturated heterocycles. The van der Waals surface area contributed by atoms with Crippen molar-refractivity contribution in [3.8, 4) is 0 Å². The van der Waals surface area contributed by atoms with Gasteiger partial charge in [-0.25, -0.2) is 0 Å². The SMILES string of the molecule is Cc1ccn[c]c1C(C)(C)O. The first-order chi connectivity index (χ1) is 5.02. The largest absolute Gasteiger partial charge is 0.386 e. The van der Waals surface area contributed by atoms with Crippen molar-refractivity contribution in [3.63, 3.8) is 0 Å². The Morgan fingerprint density at radius 3 is 2.55 bits per heavy atom. The summed E-state index contributed by atoms with van der Waals surface area (Å²) in [5.41, 5.74) is 0.950. The molecule has 0 aromatic carbocycles. The van der Waals surface area contributed by atoms with Crippen LogP contribution >= 0.6 is 0 Å². The molecule has 0 bridgehead atoms. The summed E-state index contributed by atoms with van der Waals surface area (Å²) in [6.45, 7) is 5.40. The van der Waals surface area contributed by atoms with Crippen molar-refractivity contribution in [2.24, 2.45) is 0 Å². The van der Waals surface area contributed by atoms with Crippen molar-refractivity contribution in [3.05, 3.63) is 29.6 Å². The van der Waals surface area contributed by atoms with Crippen LogP contribution in [0.1, 0.15) is 25.0 Å². The van der Waals surface area contributed by atoms with Gasteiger partial charge in [0.25, 0.3) is 0 Å². The summed E-state index contributed by atoms with van der Waals surface area (Å²) in [5, 5.41) is 9.60. The van der Waals surface area contributed by atoms with E-state index >= 15 is 0 Å². The van der Waals surface area contributed by atoms with Crippen LogP contribution in [0.25, 0.3) is 0 Å². The summed E-state index contributed by atoms with van der Waals surface area (Å²) in [4.78, 5) is 3.83. The van der Waals surface area contributed by atoms with E-state index in [0.717, 1.165) is 11.1 Å². The van der Waals surface area contributed by atoms with Gasteiger partial charge in [0.05, 0.1) is 11.8 Å². The topological polar surface area (TPSA) is 33.1 Å². The molecule has 0 amide bonds. The van der Waals surface area contributed by atoms with Crippen molar-refractivity contribution < 1.29 is 5.11 Å². The van der Waals surface area contributed by atoms with Crippen LogP contribution in [0.3, 0.4) is 0 Å². The lowest BCUT2D eigenvalue weighted by atomic mass is 9.96. The van der Waals surface area contributed by atoms with Crippen molar-refractivity contribution in [2.75, 3.05) is 0 Å². The van der Waals surface area contributed by atoms with Crippen molar-refractivity contribution in [1.82, 2.24) is 4.98 Å². The van der Waals surface area contributed by atoms with Gasteiger partial charge in [-0.3, -0.25) is 4.98 Å². The standard InChI is InChI=1S/C9H12NO/c1-7-4-5-10-6-8(7)9(2,3)11/h4-5,11H,1-3H3. The zero-order valence-electron chi connectivity index (χ0n) is 7.05. The van der Waals surface area contributed by atoms with Crippen LogP contribution in [0.2, 0.25) is 0 Å². The van der Waals surface area contributed by atoms with Gasteiger partial charge in [0.15, 0.2) is 0 Å².